The average Bonchev–Trinajstić information content (AvgIpc) is 2.67. The van der Waals surface area contributed by atoms with Gasteiger partial charge in [-0.15, -0.1) is 0 Å². The van der Waals surface area contributed by atoms with Crippen molar-refractivity contribution in [3.63, 3.8) is 0 Å². The van der Waals surface area contributed by atoms with E-state index in [9.17, 15) is 14.4 Å². The fraction of sp³-hybridized carbons (Fsp3) is 0.381. The fourth-order valence-corrected chi connectivity index (χ4v) is 2.53. The van der Waals surface area contributed by atoms with Gasteiger partial charge in [0.1, 0.15) is 0 Å². The first-order valence-corrected chi connectivity index (χ1v) is 8.95. The van der Waals surface area contributed by atoms with Gasteiger partial charge in [0.2, 0.25) is 11.7 Å². The predicted octanol–water partition coefficient (Wildman–Crippen LogP) is 3.63. The number of carbonyl (C=O) groups is 3. The van der Waals surface area contributed by atoms with Gasteiger partial charge in [-0.2, -0.15) is 0 Å². The smallest absolute Gasteiger partial charge is 0.288 e. The number of nitrogens with zero attached hydrogens (tertiary/aromatic N) is 2. The number of benzene rings is 1. The van der Waals surface area contributed by atoms with Crippen LogP contribution in [0.3, 0.4) is 0 Å². The molecule has 1 aromatic rings. The summed E-state index contributed by atoms with van der Waals surface area (Å²) >= 11 is 0. The van der Waals surface area contributed by atoms with E-state index in [2.05, 4.69) is 0 Å². The minimum absolute atomic E-state index is 0.211. The zero-order valence-corrected chi connectivity index (χ0v) is 15.6. The third-order valence-corrected chi connectivity index (χ3v) is 4.65. The van der Waals surface area contributed by atoms with Crippen LogP contribution in [0.5, 0.6) is 0 Å². The maximum atomic E-state index is 12.6. The molecule has 138 valence electrons. The minimum Gasteiger partial charge on any atom is -0.288 e. The van der Waals surface area contributed by atoms with Crippen molar-refractivity contribution in [2.24, 2.45) is 5.41 Å². The summed E-state index contributed by atoms with van der Waals surface area (Å²) in [5.41, 5.74) is 0.413. The highest BCUT2D eigenvalue weighted by molar-refractivity contribution is 6.38. The summed E-state index contributed by atoms with van der Waals surface area (Å²) in [7, 11) is 0. The zero-order valence-electron chi connectivity index (χ0n) is 15.6. The molecule has 0 aliphatic carbocycles. The second-order valence-corrected chi connectivity index (χ2v) is 6.98. The number of Topliss-reactive ketones (excluding diaryl/α,β-unsaturated/α-hetero) is 1. The van der Waals surface area contributed by atoms with E-state index in [1.807, 2.05) is 37.3 Å². The molecule has 0 radical (unpaired) electrons. The summed E-state index contributed by atoms with van der Waals surface area (Å²) in [6, 6.07) is 9.94. The van der Waals surface area contributed by atoms with Crippen molar-refractivity contribution in [2.45, 2.75) is 46.5 Å². The first-order chi connectivity index (χ1) is 12.4. The molecule has 5 heteroatoms. The Bertz CT molecular complexity index is 720. The number of hydrogen-bond acceptors (Lipinski definition) is 3. The first kappa shape index (κ1) is 19.6. The van der Waals surface area contributed by atoms with E-state index in [-0.39, 0.29) is 5.91 Å². The lowest BCUT2D eigenvalue weighted by atomic mass is 9.85. The summed E-state index contributed by atoms with van der Waals surface area (Å²) in [6.07, 6.45) is 8.60. The normalized spacial score (nSPS) is 13.8. The number of ketones is 1. The van der Waals surface area contributed by atoms with Crippen molar-refractivity contribution >= 4 is 17.6 Å². The summed E-state index contributed by atoms with van der Waals surface area (Å²) < 4.78 is 0. The molecule has 0 saturated heterocycles. The van der Waals surface area contributed by atoms with E-state index >= 15 is 0 Å². The number of hydrogen-bond donors (Lipinski definition) is 0. The van der Waals surface area contributed by atoms with Gasteiger partial charge in [0.15, 0.2) is 0 Å². The Morgan fingerprint density at radius 1 is 0.962 bits per heavy atom. The Morgan fingerprint density at radius 3 is 2.19 bits per heavy atom. The van der Waals surface area contributed by atoms with Gasteiger partial charge in [0.05, 0.1) is 0 Å². The molecule has 1 aliphatic rings. The van der Waals surface area contributed by atoms with Crippen molar-refractivity contribution in [1.29, 1.82) is 0 Å². The molecule has 1 aromatic carbocycles. The van der Waals surface area contributed by atoms with Crippen LogP contribution < -0.4 is 0 Å². The van der Waals surface area contributed by atoms with Crippen molar-refractivity contribution in [2.75, 3.05) is 0 Å². The molecule has 0 aromatic heterocycles. The van der Waals surface area contributed by atoms with Crippen LogP contribution in [-0.4, -0.2) is 27.6 Å². The molecule has 0 fully saturated rings. The Labute approximate surface area is 154 Å². The molecule has 2 rings (SSSR count). The second kappa shape index (κ2) is 8.61. The predicted molar refractivity (Wildman–Crippen MR) is 100 cm³/mol. The summed E-state index contributed by atoms with van der Waals surface area (Å²) in [5.74, 6) is -1.40. The third-order valence-electron chi connectivity index (χ3n) is 4.65. The number of amides is 2. The summed E-state index contributed by atoms with van der Waals surface area (Å²) in [4.78, 5) is 37.7. The van der Waals surface area contributed by atoms with E-state index in [4.69, 9.17) is 0 Å². The van der Waals surface area contributed by atoms with Gasteiger partial charge < -0.3 is 0 Å². The maximum absolute atomic E-state index is 12.6. The van der Waals surface area contributed by atoms with E-state index in [0.717, 1.165) is 11.4 Å². The van der Waals surface area contributed by atoms with E-state index < -0.39 is 17.1 Å². The van der Waals surface area contributed by atoms with Crippen molar-refractivity contribution < 1.29 is 14.4 Å². The van der Waals surface area contributed by atoms with Crippen molar-refractivity contribution in [1.82, 2.24) is 10.0 Å². The largest absolute Gasteiger partial charge is 0.313 e. The standard InChI is InChI=1S/C21H26N2O3/c1-4-21(2,3)19(25)20(26)23-16-9-8-15-22(23)18(24)14-10-13-17-11-6-5-7-12-17/h5-9,11-12,15-16H,4,10,13-14H2,1-3H3. The average molecular weight is 354 g/mol. The van der Waals surface area contributed by atoms with Crippen molar-refractivity contribution in [3.8, 4) is 0 Å². The lowest BCUT2D eigenvalue weighted by Gasteiger charge is -2.32. The van der Waals surface area contributed by atoms with E-state index in [1.165, 1.54) is 23.0 Å². The van der Waals surface area contributed by atoms with Crippen LogP contribution in [0.15, 0.2) is 54.9 Å². The topological polar surface area (TPSA) is 57.7 Å². The number of rotatable bonds is 7. The van der Waals surface area contributed by atoms with E-state index in [1.54, 1.807) is 26.0 Å². The van der Waals surface area contributed by atoms with Crippen LogP contribution in [0.25, 0.3) is 0 Å². The van der Waals surface area contributed by atoms with Gasteiger partial charge in [0.25, 0.3) is 0 Å². The molecule has 0 bridgehead atoms. The van der Waals surface area contributed by atoms with Crippen LogP contribution >= 0.6 is 0 Å². The molecular formula is C21H26N2O3. The summed E-state index contributed by atoms with van der Waals surface area (Å²) in [6.45, 7) is 5.34. The molecule has 0 unspecified atom stereocenters. The Balaban J connectivity index is 2.00. The van der Waals surface area contributed by atoms with Gasteiger partial charge >= 0.3 is 5.91 Å². The number of carbonyl (C=O) groups excluding carboxylic acids is 3. The molecule has 0 saturated carbocycles. The summed E-state index contributed by atoms with van der Waals surface area (Å²) in [5, 5.41) is 2.35. The Hall–Kier alpha value is -2.69. The van der Waals surface area contributed by atoms with Crippen LogP contribution in [-0.2, 0) is 20.8 Å². The Kier molecular flexibility index (Phi) is 6.50. The number of allylic oxidation sites excluding steroid dienone is 2. The molecule has 26 heavy (non-hydrogen) atoms. The molecule has 0 spiro atoms. The van der Waals surface area contributed by atoms with Crippen LogP contribution in [0.2, 0.25) is 0 Å². The highest BCUT2D eigenvalue weighted by Gasteiger charge is 2.36. The number of hydrazine groups is 1. The van der Waals surface area contributed by atoms with Crippen LogP contribution in [0, 0.1) is 5.41 Å². The third kappa shape index (κ3) is 4.69. The quantitative estimate of drug-likeness (QED) is 0.703. The minimum atomic E-state index is -0.756. The van der Waals surface area contributed by atoms with Crippen LogP contribution in [0.4, 0.5) is 0 Å². The van der Waals surface area contributed by atoms with Gasteiger partial charge in [-0.25, -0.2) is 10.0 Å². The molecule has 0 N–H and O–H groups in total. The van der Waals surface area contributed by atoms with Gasteiger partial charge in [-0.05, 0) is 37.0 Å². The zero-order chi connectivity index (χ0) is 19.2. The van der Waals surface area contributed by atoms with Gasteiger partial charge in [-0.3, -0.25) is 14.4 Å². The van der Waals surface area contributed by atoms with Gasteiger partial charge in [0, 0.05) is 24.2 Å². The van der Waals surface area contributed by atoms with E-state index in [0.29, 0.717) is 19.3 Å². The first-order valence-electron chi connectivity index (χ1n) is 8.95. The highest BCUT2D eigenvalue weighted by atomic mass is 16.2. The Morgan fingerprint density at radius 2 is 1.58 bits per heavy atom. The molecular weight excluding hydrogens is 328 g/mol. The fourth-order valence-electron chi connectivity index (χ4n) is 2.53. The lowest BCUT2D eigenvalue weighted by Crippen LogP contribution is -2.49. The highest BCUT2D eigenvalue weighted by Crippen LogP contribution is 2.23. The monoisotopic (exact) mass is 354 g/mol. The van der Waals surface area contributed by atoms with Crippen molar-refractivity contribution in [3.05, 3.63) is 60.4 Å². The second-order valence-electron chi connectivity index (χ2n) is 6.98. The number of aryl methyl sites for hydroxylation is 1. The van der Waals surface area contributed by atoms with Crippen LogP contribution in [0.1, 0.15) is 45.6 Å². The molecule has 1 aliphatic heterocycles. The molecule has 0 atom stereocenters. The SMILES string of the molecule is CCC(C)(C)C(=O)C(=O)N1C=CC=CN1C(=O)CCCc1ccccc1. The lowest BCUT2D eigenvalue weighted by molar-refractivity contribution is -0.160. The molecule has 1 heterocycles. The van der Waals surface area contributed by atoms with Gasteiger partial charge in [-0.1, -0.05) is 51.1 Å². The maximum Gasteiger partial charge on any atom is 0.313 e. The molecule has 5 nitrogen and oxygen atoms in total. The molecule has 2 amide bonds.